The van der Waals surface area contributed by atoms with Gasteiger partial charge in [0.2, 0.25) is 0 Å². The third-order valence-corrected chi connectivity index (χ3v) is 24.0. The molecule has 0 aliphatic rings. The molecule has 6 N–H and O–H groups in total. The van der Waals surface area contributed by atoms with Crippen LogP contribution >= 0.6 is 0 Å². The van der Waals surface area contributed by atoms with Gasteiger partial charge in [-0.25, -0.2) is 0 Å². The number of hydrogen-bond acceptors (Lipinski definition) is 6. The van der Waals surface area contributed by atoms with Gasteiger partial charge in [-0.15, -0.1) is 0 Å². The summed E-state index contributed by atoms with van der Waals surface area (Å²) in [5.41, 5.74) is 0. The molecule has 0 bridgehead atoms. The second kappa shape index (κ2) is 128. The average Bonchev–Trinajstić information content (AvgIpc) is 1.37. The van der Waals surface area contributed by atoms with Crippen molar-refractivity contribution >= 4 is 35.8 Å². The van der Waals surface area contributed by atoms with Crippen molar-refractivity contribution in [2.45, 2.75) is 658 Å². The van der Waals surface area contributed by atoms with E-state index < -0.39 is 35.8 Å². The molecule has 0 spiro atoms. The van der Waals surface area contributed by atoms with Crippen molar-refractivity contribution < 1.29 is 78.9 Å². The van der Waals surface area contributed by atoms with Gasteiger partial charge in [-0.1, -0.05) is 581 Å². The molecule has 0 aromatic heterocycles. The summed E-state index contributed by atoms with van der Waals surface area (Å²) >= 11 is 0. The van der Waals surface area contributed by atoms with E-state index in [1.54, 1.807) is 0 Å². The first-order valence-corrected chi connectivity index (χ1v) is 53.9. The van der Waals surface area contributed by atoms with Crippen LogP contribution in [0.2, 0.25) is 0 Å². The maximum absolute atomic E-state index is 10.3. The molecule has 121 heavy (non-hydrogen) atoms. The van der Waals surface area contributed by atoms with Gasteiger partial charge in [0.1, 0.15) is 0 Å². The predicted octanol–water partition coefficient (Wildman–Crippen LogP) is 38.0. The van der Waals surface area contributed by atoms with E-state index in [0.29, 0.717) is 38.5 Å². The first-order valence-electron chi connectivity index (χ1n) is 53.9. The van der Waals surface area contributed by atoms with Crippen molar-refractivity contribution in [1.82, 2.24) is 0 Å². The van der Waals surface area contributed by atoms with Crippen molar-refractivity contribution in [3.63, 3.8) is 0 Å². The fourth-order valence-corrected chi connectivity index (χ4v) is 15.9. The number of carboxylic acid groups (broad SMARTS) is 6. The van der Waals surface area contributed by atoms with Crippen LogP contribution in [-0.4, -0.2) is 66.5 Å². The number of unbranched alkanes of at least 4 members (excludes halogenated alkanes) is 84. The molecule has 0 rings (SSSR count). The molecular formula is C108H216O12Zn+6. The van der Waals surface area contributed by atoms with Crippen molar-refractivity contribution in [3.05, 3.63) is 0 Å². The van der Waals surface area contributed by atoms with Crippen molar-refractivity contribution in [3.8, 4) is 0 Å². The molecule has 0 aromatic rings. The minimum atomic E-state index is -0.653. The van der Waals surface area contributed by atoms with E-state index in [9.17, 15) is 28.8 Å². The zero-order valence-electron chi connectivity index (χ0n) is 82.7. The largest absolute Gasteiger partial charge is 6.00 e. The monoisotopic (exact) mass is 1770 g/mol. The number of aliphatic carboxylic acids is 6. The van der Waals surface area contributed by atoms with Crippen LogP contribution in [0.25, 0.3) is 0 Å². The van der Waals surface area contributed by atoms with E-state index in [1.165, 1.54) is 501 Å². The second-order valence-electron chi connectivity index (χ2n) is 36.6. The van der Waals surface area contributed by atoms with Crippen LogP contribution in [0.15, 0.2) is 0 Å². The minimum Gasteiger partial charge on any atom is -0.481 e. The van der Waals surface area contributed by atoms with Gasteiger partial charge in [0.15, 0.2) is 0 Å². The van der Waals surface area contributed by atoms with Gasteiger partial charge in [-0.3, -0.25) is 28.8 Å². The van der Waals surface area contributed by atoms with Gasteiger partial charge in [0.25, 0.3) is 0 Å². The molecule has 0 aliphatic carbocycles. The van der Waals surface area contributed by atoms with Crippen LogP contribution in [0.4, 0.5) is 0 Å². The Morgan fingerprint density at radius 3 is 0.207 bits per heavy atom. The van der Waals surface area contributed by atoms with Crippen molar-refractivity contribution in [1.29, 1.82) is 0 Å². The Morgan fingerprint density at radius 1 is 0.107 bits per heavy atom. The quantitative estimate of drug-likeness (QED) is 0.0247. The van der Waals surface area contributed by atoms with Gasteiger partial charge in [-0.05, 0) is 38.5 Å². The third kappa shape index (κ3) is 158. The molecule has 0 unspecified atom stereocenters. The Labute approximate surface area is 767 Å². The van der Waals surface area contributed by atoms with E-state index in [0.717, 1.165) is 77.0 Å². The topological polar surface area (TPSA) is 224 Å². The second-order valence-corrected chi connectivity index (χ2v) is 36.6. The summed E-state index contributed by atoms with van der Waals surface area (Å²) in [4.78, 5) is 62.0. The van der Waals surface area contributed by atoms with Gasteiger partial charge >= 0.3 is 55.3 Å². The SMILES string of the molecule is CCCCCCCCCCCCCCCCCC(=O)O.CCCCCCCCCCCCCCCCCC(=O)O.CCCCCCCCCCCCCCCCCC(=O)O.CCCCCCCCCCCCCCCCCC(=O)O.CCCCCCCCCCCCCCCCCC(=O)O.CCCCCCCCCCCCCCCCCC(=O)O.[Zn+6]. The van der Waals surface area contributed by atoms with E-state index in [2.05, 4.69) is 41.5 Å². The average molecular weight is 1770 g/mol. The summed E-state index contributed by atoms with van der Waals surface area (Å²) in [6, 6.07) is 0. The number of carboxylic acids is 6. The molecule has 0 aromatic carbocycles. The maximum atomic E-state index is 10.3. The van der Waals surface area contributed by atoms with Gasteiger partial charge in [-0.2, -0.15) is 0 Å². The van der Waals surface area contributed by atoms with Crippen LogP contribution in [0.3, 0.4) is 0 Å². The molecule has 0 radical (unpaired) electrons. The van der Waals surface area contributed by atoms with Crippen LogP contribution < -0.4 is 0 Å². The summed E-state index contributed by atoms with van der Waals surface area (Å²) in [6.45, 7) is 13.6. The van der Waals surface area contributed by atoms with Crippen molar-refractivity contribution in [2.75, 3.05) is 0 Å². The first-order chi connectivity index (χ1) is 58.6. The Bertz CT molecular complexity index is 1560. The Balaban J connectivity index is -0.000000257. The van der Waals surface area contributed by atoms with Crippen LogP contribution in [0.5, 0.6) is 0 Å². The molecule has 716 valence electrons. The van der Waals surface area contributed by atoms with Crippen molar-refractivity contribution in [2.24, 2.45) is 0 Å². The molecule has 12 nitrogen and oxygen atoms in total. The molecule has 0 aliphatic heterocycles. The number of rotatable bonds is 96. The first kappa shape index (κ1) is 132. The standard InChI is InChI=1S/6C18H36O2.Zn/c6*1-2-3-4-5-6-7-8-9-10-11-12-13-14-15-16-17-18(19)20;/h6*2-17H2,1H3,(H,19,20);/q;;;;;;+6. The Morgan fingerprint density at radius 2 is 0.157 bits per heavy atom. The van der Waals surface area contributed by atoms with Crippen LogP contribution in [0, 0.1) is 0 Å². The summed E-state index contributed by atoms with van der Waals surface area (Å²) in [7, 11) is 0. The zero-order valence-corrected chi connectivity index (χ0v) is 85.7. The summed E-state index contributed by atoms with van der Waals surface area (Å²) in [6.07, 6.45) is 121. The number of carbonyl (C=O) groups is 6. The molecule has 0 fully saturated rings. The molecule has 0 amide bonds. The summed E-state index contributed by atoms with van der Waals surface area (Å²) < 4.78 is 0. The number of hydrogen-bond donors (Lipinski definition) is 6. The van der Waals surface area contributed by atoms with E-state index in [1.807, 2.05) is 0 Å². The van der Waals surface area contributed by atoms with Gasteiger partial charge < -0.3 is 30.6 Å². The predicted molar refractivity (Wildman–Crippen MR) is 523 cm³/mol. The molecule has 0 saturated carbocycles. The molecular weight excluding hydrogens is 1550 g/mol. The fourth-order valence-electron chi connectivity index (χ4n) is 15.9. The normalized spacial score (nSPS) is 10.8. The fraction of sp³-hybridized carbons (Fsp3) is 0.944. The van der Waals surface area contributed by atoms with E-state index >= 15 is 0 Å². The minimum absolute atomic E-state index is 0. The van der Waals surface area contributed by atoms with Crippen LogP contribution in [-0.2, 0) is 48.2 Å². The summed E-state index contributed by atoms with van der Waals surface area (Å²) in [5.74, 6) is -3.92. The molecule has 0 saturated heterocycles. The molecule has 0 atom stereocenters. The van der Waals surface area contributed by atoms with Crippen LogP contribution in [0.1, 0.15) is 658 Å². The van der Waals surface area contributed by atoms with Gasteiger partial charge in [0.05, 0.1) is 0 Å². The van der Waals surface area contributed by atoms with Gasteiger partial charge in [0, 0.05) is 38.5 Å². The smallest absolute Gasteiger partial charge is 0.481 e. The maximum Gasteiger partial charge on any atom is 6.00 e. The molecule has 13 heteroatoms. The van der Waals surface area contributed by atoms with E-state index in [4.69, 9.17) is 30.6 Å². The summed E-state index contributed by atoms with van der Waals surface area (Å²) in [5, 5.41) is 51.1. The van der Waals surface area contributed by atoms with E-state index in [-0.39, 0.29) is 19.5 Å². The third-order valence-electron chi connectivity index (χ3n) is 24.0. The Kier molecular flexibility index (Phi) is 139. The zero-order chi connectivity index (χ0) is 89.3. The molecule has 0 heterocycles. The Hall–Kier alpha value is -2.56.